The van der Waals surface area contributed by atoms with E-state index < -0.39 is 5.41 Å². The van der Waals surface area contributed by atoms with Gasteiger partial charge in [-0.2, -0.15) is 0 Å². The summed E-state index contributed by atoms with van der Waals surface area (Å²) in [4.78, 5) is 12.3. The van der Waals surface area contributed by atoms with Crippen molar-refractivity contribution in [2.75, 3.05) is 6.54 Å². The van der Waals surface area contributed by atoms with Crippen molar-refractivity contribution in [3.8, 4) is 0 Å². The van der Waals surface area contributed by atoms with E-state index in [1.807, 2.05) is 13.8 Å². The molecule has 0 aliphatic heterocycles. The van der Waals surface area contributed by atoms with Crippen molar-refractivity contribution in [2.24, 2.45) is 22.2 Å². The van der Waals surface area contributed by atoms with Gasteiger partial charge in [0.25, 0.3) is 0 Å². The van der Waals surface area contributed by atoms with E-state index in [0.29, 0.717) is 19.4 Å². The zero-order chi connectivity index (χ0) is 16.3. The number of amidine groups is 1. The molecule has 0 fully saturated rings. The molecule has 0 aromatic rings. The summed E-state index contributed by atoms with van der Waals surface area (Å²) in [5, 5.41) is 14.8. The monoisotopic (exact) mass is 299 g/mol. The van der Waals surface area contributed by atoms with Crippen molar-refractivity contribution in [3.05, 3.63) is 0 Å². The van der Waals surface area contributed by atoms with Crippen LogP contribution in [0.5, 0.6) is 0 Å². The number of carbonyl (C=O) groups is 1. The van der Waals surface area contributed by atoms with Crippen LogP contribution in [0.2, 0.25) is 0 Å². The first-order valence-corrected chi connectivity index (χ1v) is 8.20. The lowest BCUT2D eigenvalue weighted by Crippen LogP contribution is -2.49. The predicted octanol–water partition coefficient (Wildman–Crippen LogP) is 3.26. The van der Waals surface area contributed by atoms with E-state index in [-0.39, 0.29) is 11.7 Å². The first-order valence-electron chi connectivity index (χ1n) is 8.20. The zero-order valence-corrected chi connectivity index (χ0v) is 14.1. The molecule has 0 heterocycles. The largest absolute Gasteiger partial charge is 0.409 e. The van der Waals surface area contributed by atoms with Gasteiger partial charge in [-0.3, -0.25) is 4.79 Å². The highest BCUT2D eigenvalue weighted by atomic mass is 16.4. The maximum atomic E-state index is 12.3. The second-order valence-electron chi connectivity index (χ2n) is 6.13. The Balaban J connectivity index is 4.12. The standard InChI is InChI=1S/C16H33N3O2/c1-5-16(6-2,14(17)19-21)15(20)18-12-10-8-7-9-11-13(3)4/h13,21H,5-12H2,1-4H3,(H2,17,19)(H,18,20). The molecule has 0 unspecified atom stereocenters. The summed E-state index contributed by atoms with van der Waals surface area (Å²) < 4.78 is 0. The van der Waals surface area contributed by atoms with E-state index in [0.717, 1.165) is 18.8 Å². The van der Waals surface area contributed by atoms with E-state index in [4.69, 9.17) is 10.9 Å². The van der Waals surface area contributed by atoms with E-state index in [1.54, 1.807) is 0 Å². The third-order valence-electron chi connectivity index (χ3n) is 4.23. The minimum Gasteiger partial charge on any atom is -0.409 e. The molecule has 5 nitrogen and oxygen atoms in total. The molecule has 0 spiro atoms. The molecule has 4 N–H and O–H groups in total. The number of rotatable bonds is 11. The first kappa shape index (κ1) is 19.7. The fraction of sp³-hybridized carbons (Fsp3) is 0.875. The van der Waals surface area contributed by atoms with Crippen LogP contribution in [-0.2, 0) is 4.79 Å². The van der Waals surface area contributed by atoms with Gasteiger partial charge in [0.05, 0.1) is 0 Å². The van der Waals surface area contributed by atoms with Gasteiger partial charge in [-0.05, 0) is 25.2 Å². The number of oxime groups is 1. The highest BCUT2D eigenvalue weighted by Crippen LogP contribution is 2.27. The molecule has 0 atom stereocenters. The zero-order valence-electron chi connectivity index (χ0n) is 14.1. The molecular weight excluding hydrogens is 266 g/mol. The normalized spacial score (nSPS) is 12.7. The van der Waals surface area contributed by atoms with E-state index in [9.17, 15) is 4.79 Å². The molecular formula is C16H33N3O2. The van der Waals surface area contributed by atoms with Crippen LogP contribution in [0.4, 0.5) is 0 Å². The SMILES string of the molecule is CCC(CC)(C(=O)NCCCCCCC(C)C)C(N)=NO. The number of hydrogen-bond acceptors (Lipinski definition) is 3. The number of nitrogens with one attached hydrogen (secondary N) is 1. The molecule has 1 amide bonds. The second kappa shape index (κ2) is 10.5. The number of nitrogens with two attached hydrogens (primary N) is 1. The average molecular weight is 299 g/mol. The maximum absolute atomic E-state index is 12.3. The number of hydrogen-bond donors (Lipinski definition) is 3. The van der Waals surface area contributed by atoms with Crippen LogP contribution in [0, 0.1) is 11.3 Å². The Morgan fingerprint density at radius 2 is 1.76 bits per heavy atom. The van der Waals surface area contributed by atoms with Crippen molar-refractivity contribution in [3.63, 3.8) is 0 Å². The first-order chi connectivity index (χ1) is 9.94. The Hall–Kier alpha value is -1.26. The lowest BCUT2D eigenvalue weighted by molar-refractivity contribution is -0.128. The molecule has 124 valence electrons. The predicted molar refractivity (Wildman–Crippen MR) is 87.4 cm³/mol. The Labute approximate surface area is 129 Å². The highest BCUT2D eigenvalue weighted by molar-refractivity contribution is 6.06. The van der Waals surface area contributed by atoms with Crippen molar-refractivity contribution in [1.82, 2.24) is 5.32 Å². The fourth-order valence-corrected chi connectivity index (χ4v) is 2.55. The van der Waals surface area contributed by atoms with Gasteiger partial charge in [0.15, 0.2) is 5.84 Å². The fourth-order valence-electron chi connectivity index (χ4n) is 2.55. The van der Waals surface area contributed by atoms with E-state index in [1.165, 1.54) is 19.3 Å². The Bertz CT molecular complexity index is 323. The van der Waals surface area contributed by atoms with E-state index >= 15 is 0 Å². The molecule has 0 saturated carbocycles. The van der Waals surface area contributed by atoms with Gasteiger partial charge in [-0.15, -0.1) is 0 Å². The molecule has 0 aliphatic carbocycles. The van der Waals surface area contributed by atoms with Crippen LogP contribution in [-0.4, -0.2) is 23.5 Å². The van der Waals surface area contributed by atoms with Crippen LogP contribution in [0.15, 0.2) is 5.16 Å². The average Bonchev–Trinajstić information content (AvgIpc) is 2.47. The quantitative estimate of drug-likeness (QED) is 0.180. The third kappa shape index (κ3) is 6.36. The topological polar surface area (TPSA) is 87.7 Å². The molecule has 5 heteroatoms. The van der Waals surface area contributed by atoms with Gasteiger partial charge in [-0.25, -0.2) is 0 Å². The summed E-state index contributed by atoms with van der Waals surface area (Å²) >= 11 is 0. The van der Waals surface area contributed by atoms with Crippen LogP contribution < -0.4 is 11.1 Å². The molecule has 0 saturated heterocycles. The summed E-state index contributed by atoms with van der Waals surface area (Å²) in [5.41, 5.74) is 4.83. The lowest BCUT2D eigenvalue weighted by Gasteiger charge is -2.28. The Kier molecular flexibility index (Phi) is 9.84. The van der Waals surface area contributed by atoms with Crippen LogP contribution in [0.3, 0.4) is 0 Å². The number of nitrogens with zero attached hydrogens (tertiary/aromatic N) is 1. The number of carbonyl (C=O) groups excluding carboxylic acids is 1. The van der Waals surface area contributed by atoms with Gasteiger partial charge in [0.1, 0.15) is 5.41 Å². The van der Waals surface area contributed by atoms with Crippen LogP contribution >= 0.6 is 0 Å². The van der Waals surface area contributed by atoms with Gasteiger partial charge >= 0.3 is 0 Å². The summed E-state index contributed by atoms with van der Waals surface area (Å²) in [5.74, 6) is 0.632. The summed E-state index contributed by atoms with van der Waals surface area (Å²) in [6.45, 7) is 8.89. The van der Waals surface area contributed by atoms with Crippen LogP contribution in [0.25, 0.3) is 0 Å². The highest BCUT2D eigenvalue weighted by Gasteiger charge is 2.39. The molecule has 0 aromatic heterocycles. The summed E-state index contributed by atoms with van der Waals surface area (Å²) in [6.07, 6.45) is 6.89. The summed E-state index contributed by atoms with van der Waals surface area (Å²) in [7, 11) is 0. The maximum Gasteiger partial charge on any atom is 0.233 e. The molecule has 0 rings (SSSR count). The Morgan fingerprint density at radius 3 is 2.24 bits per heavy atom. The summed E-state index contributed by atoms with van der Waals surface area (Å²) in [6, 6.07) is 0. The van der Waals surface area contributed by atoms with Gasteiger partial charge in [0, 0.05) is 6.54 Å². The molecule has 0 bridgehead atoms. The van der Waals surface area contributed by atoms with Crippen molar-refractivity contribution < 1.29 is 10.0 Å². The molecule has 0 aliphatic rings. The molecule has 0 radical (unpaired) electrons. The van der Waals surface area contributed by atoms with Gasteiger partial charge in [-0.1, -0.05) is 58.5 Å². The number of amides is 1. The van der Waals surface area contributed by atoms with E-state index in [2.05, 4.69) is 24.3 Å². The Morgan fingerprint density at radius 1 is 1.19 bits per heavy atom. The van der Waals surface area contributed by atoms with Crippen molar-refractivity contribution >= 4 is 11.7 Å². The van der Waals surface area contributed by atoms with Crippen molar-refractivity contribution in [2.45, 2.75) is 72.6 Å². The molecule has 21 heavy (non-hydrogen) atoms. The number of unbranched alkanes of at least 4 members (excludes halogenated alkanes) is 3. The smallest absolute Gasteiger partial charge is 0.233 e. The van der Waals surface area contributed by atoms with Crippen LogP contribution in [0.1, 0.15) is 72.6 Å². The van der Waals surface area contributed by atoms with Gasteiger partial charge in [0.2, 0.25) is 5.91 Å². The van der Waals surface area contributed by atoms with Gasteiger partial charge < -0.3 is 16.3 Å². The third-order valence-corrected chi connectivity index (χ3v) is 4.23. The molecule has 0 aromatic carbocycles. The van der Waals surface area contributed by atoms with Crippen molar-refractivity contribution in [1.29, 1.82) is 0 Å². The lowest BCUT2D eigenvalue weighted by atomic mass is 9.80. The second-order valence-corrected chi connectivity index (χ2v) is 6.13. The minimum atomic E-state index is -0.883. The minimum absolute atomic E-state index is 0.00179.